The number of carbonyl (C=O) groups excluding carboxylic acids is 1. The van der Waals surface area contributed by atoms with E-state index >= 15 is 0 Å². The van der Waals surface area contributed by atoms with Crippen molar-refractivity contribution in [3.8, 4) is 0 Å². The van der Waals surface area contributed by atoms with Crippen LogP contribution in [0.4, 0.5) is 0 Å². The molecule has 2 atom stereocenters. The van der Waals surface area contributed by atoms with Crippen molar-refractivity contribution in [3.05, 3.63) is 11.3 Å². The minimum absolute atomic E-state index is 0.238. The van der Waals surface area contributed by atoms with Crippen LogP contribution in [0.3, 0.4) is 0 Å². The first-order valence-electron chi connectivity index (χ1n) is 6.00. The average Bonchev–Trinajstić information content (AvgIpc) is 2.78. The van der Waals surface area contributed by atoms with Gasteiger partial charge < -0.3 is 4.74 Å². The Labute approximate surface area is 90.7 Å². The predicted molar refractivity (Wildman–Crippen MR) is 57.3 cm³/mol. The molecule has 1 saturated heterocycles. The molecule has 0 amide bonds. The van der Waals surface area contributed by atoms with Crippen molar-refractivity contribution >= 4 is 5.78 Å². The number of hydrogen-bond acceptors (Lipinski definition) is 2. The van der Waals surface area contributed by atoms with Gasteiger partial charge in [-0.05, 0) is 56.9 Å². The molecular formula is C13H18O2. The van der Waals surface area contributed by atoms with E-state index in [0.717, 1.165) is 18.1 Å². The van der Waals surface area contributed by atoms with Gasteiger partial charge in [-0.3, -0.25) is 4.79 Å². The number of Topliss-reactive ketones (excluding diaryl/α,β-unsaturated/α-hetero) is 1. The third kappa shape index (κ3) is 1.42. The molecule has 0 aromatic heterocycles. The smallest absolute Gasteiger partial charge is 0.201 e. The van der Waals surface area contributed by atoms with Crippen LogP contribution < -0.4 is 0 Å². The summed E-state index contributed by atoms with van der Waals surface area (Å²) in [5.41, 5.74) is 1.09. The van der Waals surface area contributed by atoms with Crippen molar-refractivity contribution in [2.45, 2.75) is 51.6 Å². The highest BCUT2D eigenvalue weighted by Gasteiger charge is 2.43. The first-order valence-corrected chi connectivity index (χ1v) is 6.00. The molecular weight excluding hydrogens is 188 g/mol. The molecule has 82 valence electrons. The van der Waals surface area contributed by atoms with Crippen LogP contribution in [0.15, 0.2) is 11.3 Å². The molecule has 0 N–H and O–H groups in total. The van der Waals surface area contributed by atoms with Crippen LogP contribution in [0.25, 0.3) is 0 Å². The van der Waals surface area contributed by atoms with Gasteiger partial charge in [0.25, 0.3) is 0 Å². The second kappa shape index (κ2) is 2.87. The zero-order valence-corrected chi connectivity index (χ0v) is 9.51. The Morgan fingerprint density at radius 3 is 2.60 bits per heavy atom. The first-order chi connectivity index (χ1) is 7.05. The summed E-state index contributed by atoms with van der Waals surface area (Å²) in [7, 11) is 0. The molecule has 0 aromatic rings. The SMILES string of the molecule is CC1(C)CC(=O)/C(=C2/C[C@H]3CC[C@@H]2C3)O1. The lowest BCUT2D eigenvalue weighted by Gasteiger charge is -2.19. The molecule has 1 heterocycles. The van der Waals surface area contributed by atoms with Gasteiger partial charge in [0.05, 0.1) is 6.42 Å². The van der Waals surface area contributed by atoms with Gasteiger partial charge in [0.1, 0.15) is 5.60 Å². The van der Waals surface area contributed by atoms with Crippen molar-refractivity contribution in [3.63, 3.8) is 0 Å². The lowest BCUT2D eigenvalue weighted by Crippen LogP contribution is -2.16. The van der Waals surface area contributed by atoms with Crippen LogP contribution in [0.5, 0.6) is 0 Å². The molecule has 2 nitrogen and oxygen atoms in total. The summed E-state index contributed by atoms with van der Waals surface area (Å²) >= 11 is 0. The molecule has 0 radical (unpaired) electrons. The van der Waals surface area contributed by atoms with Gasteiger partial charge in [-0.15, -0.1) is 0 Å². The summed E-state index contributed by atoms with van der Waals surface area (Å²) in [6.45, 7) is 4.01. The molecule has 3 fully saturated rings. The highest BCUT2D eigenvalue weighted by molar-refractivity contribution is 5.97. The zero-order valence-electron chi connectivity index (χ0n) is 9.51. The van der Waals surface area contributed by atoms with Crippen LogP contribution in [0.2, 0.25) is 0 Å². The lowest BCUT2D eigenvalue weighted by atomic mass is 9.92. The quantitative estimate of drug-likeness (QED) is 0.570. The Bertz CT molecular complexity index is 352. The minimum Gasteiger partial charge on any atom is -0.484 e. The molecule has 3 rings (SSSR count). The lowest BCUT2D eigenvalue weighted by molar-refractivity contribution is -0.115. The van der Waals surface area contributed by atoms with E-state index in [1.165, 1.54) is 24.8 Å². The van der Waals surface area contributed by atoms with Gasteiger partial charge >= 0.3 is 0 Å². The molecule has 2 heteroatoms. The molecule has 2 bridgehead atoms. The molecule has 0 spiro atoms. The second-order valence-electron chi connectivity index (χ2n) is 5.90. The summed E-state index contributed by atoms with van der Waals surface area (Å²) in [5, 5.41) is 0. The van der Waals surface area contributed by atoms with E-state index in [1.807, 2.05) is 13.8 Å². The topological polar surface area (TPSA) is 26.3 Å². The van der Waals surface area contributed by atoms with Gasteiger partial charge in [-0.25, -0.2) is 0 Å². The van der Waals surface area contributed by atoms with Crippen LogP contribution in [0.1, 0.15) is 46.0 Å². The van der Waals surface area contributed by atoms with Crippen molar-refractivity contribution in [2.24, 2.45) is 11.8 Å². The van der Waals surface area contributed by atoms with Gasteiger partial charge in [-0.1, -0.05) is 0 Å². The molecule has 0 aromatic carbocycles. The molecule has 2 saturated carbocycles. The van der Waals surface area contributed by atoms with Crippen LogP contribution in [-0.4, -0.2) is 11.4 Å². The van der Waals surface area contributed by atoms with Crippen molar-refractivity contribution < 1.29 is 9.53 Å². The fraction of sp³-hybridized carbons (Fsp3) is 0.769. The van der Waals surface area contributed by atoms with Crippen molar-refractivity contribution in [1.82, 2.24) is 0 Å². The summed E-state index contributed by atoms with van der Waals surface area (Å²) in [6, 6.07) is 0. The highest BCUT2D eigenvalue weighted by Crippen LogP contribution is 2.50. The number of hydrogen-bond donors (Lipinski definition) is 0. The average molecular weight is 206 g/mol. The predicted octanol–water partition coefficient (Wildman–Crippen LogP) is 2.83. The third-order valence-corrected chi connectivity index (χ3v) is 4.05. The largest absolute Gasteiger partial charge is 0.484 e. The Hall–Kier alpha value is -0.790. The van der Waals surface area contributed by atoms with Crippen LogP contribution in [-0.2, 0) is 9.53 Å². The fourth-order valence-electron chi connectivity index (χ4n) is 3.41. The number of carbonyl (C=O) groups is 1. The zero-order chi connectivity index (χ0) is 10.6. The maximum Gasteiger partial charge on any atom is 0.201 e. The summed E-state index contributed by atoms with van der Waals surface area (Å²) < 4.78 is 5.83. The number of ketones is 1. The summed E-state index contributed by atoms with van der Waals surface area (Å²) in [4.78, 5) is 11.9. The van der Waals surface area contributed by atoms with E-state index in [4.69, 9.17) is 4.74 Å². The third-order valence-electron chi connectivity index (χ3n) is 4.05. The van der Waals surface area contributed by atoms with Crippen LogP contribution in [0, 0.1) is 11.8 Å². The van der Waals surface area contributed by atoms with E-state index in [-0.39, 0.29) is 11.4 Å². The molecule has 3 aliphatic rings. The number of rotatable bonds is 0. The Balaban J connectivity index is 1.94. The van der Waals surface area contributed by atoms with Gasteiger partial charge in [-0.2, -0.15) is 0 Å². The van der Waals surface area contributed by atoms with Gasteiger partial charge in [0, 0.05) is 0 Å². The molecule has 1 aliphatic heterocycles. The fourth-order valence-corrected chi connectivity index (χ4v) is 3.41. The minimum atomic E-state index is -0.263. The van der Waals surface area contributed by atoms with E-state index < -0.39 is 0 Å². The van der Waals surface area contributed by atoms with Gasteiger partial charge in [0.2, 0.25) is 5.78 Å². The van der Waals surface area contributed by atoms with E-state index in [0.29, 0.717) is 12.3 Å². The number of ether oxygens (including phenoxy) is 1. The summed E-state index contributed by atoms with van der Waals surface area (Å²) in [6.07, 6.45) is 5.63. The van der Waals surface area contributed by atoms with E-state index in [1.54, 1.807) is 0 Å². The Kier molecular flexibility index (Phi) is 1.80. The maximum absolute atomic E-state index is 11.9. The van der Waals surface area contributed by atoms with E-state index in [9.17, 15) is 4.79 Å². The second-order valence-corrected chi connectivity index (χ2v) is 5.90. The monoisotopic (exact) mass is 206 g/mol. The molecule has 15 heavy (non-hydrogen) atoms. The standard InChI is InChI=1S/C13H18O2/c1-13(2)7-11(14)12(15-13)10-6-8-3-4-9(10)5-8/h8-9H,3-7H2,1-2H3/b12-10+/t8-,9+/m0/s1. The van der Waals surface area contributed by atoms with Crippen LogP contribution >= 0.6 is 0 Å². The first kappa shape index (κ1) is 9.44. The summed E-state index contributed by atoms with van der Waals surface area (Å²) in [5.74, 6) is 2.50. The van der Waals surface area contributed by atoms with Crippen molar-refractivity contribution in [1.29, 1.82) is 0 Å². The number of allylic oxidation sites excluding steroid dienone is 2. The van der Waals surface area contributed by atoms with E-state index in [2.05, 4.69) is 0 Å². The Morgan fingerprint density at radius 2 is 2.13 bits per heavy atom. The van der Waals surface area contributed by atoms with Crippen molar-refractivity contribution in [2.75, 3.05) is 0 Å². The van der Waals surface area contributed by atoms with Gasteiger partial charge in [0.15, 0.2) is 5.76 Å². The molecule has 0 unspecified atom stereocenters. The number of fused-ring (bicyclic) bond motifs is 2. The highest BCUT2D eigenvalue weighted by atomic mass is 16.5. The molecule has 2 aliphatic carbocycles. The Morgan fingerprint density at radius 1 is 1.33 bits per heavy atom. The maximum atomic E-state index is 11.9. The normalized spacial score (nSPS) is 42.4.